The van der Waals surface area contributed by atoms with E-state index in [-0.39, 0.29) is 12.1 Å². The van der Waals surface area contributed by atoms with Crippen LogP contribution in [0.2, 0.25) is 0 Å². The van der Waals surface area contributed by atoms with Gasteiger partial charge in [-0.3, -0.25) is 5.32 Å². The summed E-state index contributed by atoms with van der Waals surface area (Å²) < 4.78 is 6.01. The van der Waals surface area contributed by atoms with E-state index in [2.05, 4.69) is 36.4 Å². The maximum atomic E-state index is 12.1. The Bertz CT molecular complexity index is 707. The van der Waals surface area contributed by atoms with Crippen molar-refractivity contribution in [1.82, 2.24) is 4.98 Å². The molecular formula is C18H23N3O2S. The van der Waals surface area contributed by atoms with Crippen molar-refractivity contribution in [3.63, 3.8) is 0 Å². The summed E-state index contributed by atoms with van der Waals surface area (Å²) in [4.78, 5) is 16.1. The van der Waals surface area contributed by atoms with Crippen LogP contribution < -0.4 is 15.4 Å². The molecule has 128 valence electrons. The van der Waals surface area contributed by atoms with E-state index in [0.29, 0.717) is 16.6 Å². The van der Waals surface area contributed by atoms with Crippen LogP contribution in [0.4, 0.5) is 15.6 Å². The van der Waals surface area contributed by atoms with Crippen molar-refractivity contribution in [2.24, 2.45) is 0 Å². The average Bonchev–Trinajstić information content (AvgIpc) is 3.01. The molecule has 0 aliphatic carbocycles. The minimum atomic E-state index is -0.339. The summed E-state index contributed by atoms with van der Waals surface area (Å²) in [5.41, 5.74) is 3.25. The second-order valence-electron chi connectivity index (χ2n) is 5.83. The van der Waals surface area contributed by atoms with E-state index in [1.165, 1.54) is 22.5 Å². The van der Waals surface area contributed by atoms with Gasteiger partial charge >= 0.3 is 6.03 Å². The van der Waals surface area contributed by atoms with Gasteiger partial charge in [-0.25, -0.2) is 9.78 Å². The minimum absolute atomic E-state index is 0.0184. The number of nitrogens with one attached hydrogen (secondary N) is 2. The van der Waals surface area contributed by atoms with Crippen molar-refractivity contribution >= 4 is 28.2 Å². The van der Waals surface area contributed by atoms with Gasteiger partial charge in [0.15, 0.2) is 5.13 Å². The number of anilines is 2. The van der Waals surface area contributed by atoms with Crippen molar-refractivity contribution in [1.29, 1.82) is 0 Å². The van der Waals surface area contributed by atoms with Crippen LogP contribution in [0, 0.1) is 0 Å². The van der Waals surface area contributed by atoms with E-state index in [4.69, 9.17) is 4.74 Å². The quantitative estimate of drug-likeness (QED) is 0.698. The Hall–Kier alpha value is -2.34. The summed E-state index contributed by atoms with van der Waals surface area (Å²) in [6, 6.07) is 7.08. The molecule has 0 saturated heterocycles. The molecule has 1 aromatic carbocycles. The topological polar surface area (TPSA) is 63.2 Å². The van der Waals surface area contributed by atoms with Gasteiger partial charge in [-0.1, -0.05) is 23.3 Å². The normalized spacial score (nSPS) is 11.5. The first-order valence-corrected chi connectivity index (χ1v) is 8.70. The van der Waals surface area contributed by atoms with Crippen molar-refractivity contribution in [2.45, 2.75) is 40.2 Å². The number of allylic oxidation sites excluding steroid dienone is 1. The van der Waals surface area contributed by atoms with Crippen LogP contribution in [0.5, 0.6) is 5.75 Å². The zero-order valence-corrected chi connectivity index (χ0v) is 15.2. The summed E-state index contributed by atoms with van der Waals surface area (Å²) in [6.45, 7) is 8.33. The lowest BCUT2D eigenvalue weighted by Crippen LogP contribution is -2.20. The molecule has 1 unspecified atom stereocenters. The molecule has 0 bridgehead atoms. The van der Waals surface area contributed by atoms with E-state index in [9.17, 15) is 4.79 Å². The van der Waals surface area contributed by atoms with E-state index >= 15 is 0 Å². The van der Waals surface area contributed by atoms with Gasteiger partial charge in [0.25, 0.3) is 0 Å². The highest BCUT2D eigenvalue weighted by Gasteiger charge is 2.12. The molecule has 2 N–H and O–H groups in total. The van der Waals surface area contributed by atoms with Crippen molar-refractivity contribution < 1.29 is 9.53 Å². The first-order valence-electron chi connectivity index (χ1n) is 7.82. The van der Waals surface area contributed by atoms with Gasteiger partial charge in [-0.2, -0.15) is 0 Å². The molecule has 1 atom stereocenters. The third-order valence-electron chi connectivity index (χ3n) is 3.56. The van der Waals surface area contributed by atoms with Gasteiger partial charge in [0.05, 0.1) is 11.8 Å². The van der Waals surface area contributed by atoms with Crippen molar-refractivity contribution in [3.8, 4) is 5.75 Å². The molecule has 0 aliphatic heterocycles. The SMILES string of the molecule is CC(C)=C(C)CC(C)Oc1ccccc1NC(=O)Nc1nccs1. The number of benzene rings is 1. The number of thiazole rings is 1. The molecule has 2 rings (SSSR count). The number of hydrogen-bond donors (Lipinski definition) is 2. The maximum Gasteiger partial charge on any atom is 0.325 e. The number of hydrogen-bond acceptors (Lipinski definition) is 4. The Balaban J connectivity index is 2.01. The van der Waals surface area contributed by atoms with Gasteiger partial charge in [0.1, 0.15) is 5.75 Å². The number of para-hydroxylation sites is 2. The Morgan fingerprint density at radius 2 is 2.00 bits per heavy atom. The van der Waals surface area contributed by atoms with Gasteiger partial charge < -0.3 is 10.1 Å². The Morgan fingerprint density at radius 1 is 1.25 bits per heavy atom. The van der Waals surface area contributed by atoms with Gasteiger partial charge in [0.2, 0.25) is 0 Å². The largest absolute Gasteiger partial charge is 0.488 e. The lowest BCUT2D eigenvalue weighted by molar-refractivity contribution is 0.222. The second-order valence-corrected chi connectivity index (χ2v) is 6.72. The molecule has 0 aliphatic rings. The van der Waals surface area contributed by atoms with Crippen LogP contribution in [-0.4, -0.2) is 17.1 Å². The number of ether oxygens (including phenoxy) is 1. The predicted octanol–water partition coefficient (Wildman–Crippen LogP) is 5.30. The molecule has 2 amide bonds. The summed E-state index contributed by atoms with van der Waals surface area (Å²) in [5.74, 6) is 0.654. The Morgan fingerprint density at radius 3 is 2.67 bits per heavy atom. The van der Waals surface area contributed by atoms with E-state index in [0.717, 1.165) is 6.42 Å². The monoisotopic (exact) mass is 345 g/mol. The molecule has 1 heterocycles. The first kappa shape index (κ1) is 18.0. The number of aromatic nitrogens is 1. The van der Waals surface area contributed by atoms with Gasteiger partial charge in [-0.15, -0.1) is 11.3 Å². The third kappa shape index (κ3) is 5.38. The smallest absolute Gasteiger partial charge is 0.325 e. The van der Waals surface area contributed by atoms with Crippen LogP contribution >= 0.6 is 11.3 Å². The van der Waals surface area contributed by atoms with Crippen LogP contribution in [0.1, 0.15) is 34.1 Å². The summed E-state index contributed by atoms with van der Waals surface area (Å²) in [7, 11) is 0. The number of nitrogens with zero attached hydrogens (tertiary/aromatic N) is 1. The fourth-order valence-electron chi connectivity index (χ4n) is 2.10. The van der Waals surface area contributed by atoms with Crippen molar-refractivity contribution in [3.05, 3.63) is 47.0 Å². The summed E-state index contributed by atoms with van der Waals surface area (Å²) in [6.07, 6.45) is 2.51. The fourth-order valence-corrected chi connectivity index (χ4v) is 2.63. The zero-order chi connectivity index (χ0) is 17.5. The molecule has 0 saturated carbocycles. The molecular weight excluding hydrogens is 322 g/mol. The van der Waals surface area contributed by atoms with Gasteiger partial charge in [0, 0.05) is 18.0 Å². The van der Waals surface area contributed by atoms with Crippen LogP contribution in [0.25, 0.3) is 0 Å². The number of amides is 2. The van der Waals surface area contributed by atoms with Crippen molar-refractivity contribution in [2.75, 3.05) is 10.6 Å². The molecule has 0 spiro atoms. The highest BCUT2D eigenvalue weighted by molar-refractivity contribution is 7.13. The lowest BCUT2D eigenvalue weighted by atomic mass is 10.1. The number of carbonyl (C=O) groups is 1. The molecule has 5 nitrogen and oxygen atoms in total. The van der Waals surface area contributed by atoms with Crippen LogP contribution in [-0.2, 0) is 0 Å². The summed E-state index contributed by atoms with van der Waals surface area (Å²) >= 11 is 1.37. The third-order valence-corrected chi connectivity index (χ3v) is 4.25. The maximum absolute atomic E-state index is 12.1. The standard InChI is InChI=1S/C18H23N3O2S/c1-12(2)13(3)11-14(4)23-16-8-6-5-7-15(16)20-17(22)21-18-19-9-10-24-18/h5-10,14H,11H2,1-4H3,(H2,19,20,21,22). The van der Waals surface area contributed by atoms with E-state index in [1.807, 2.05) is 31.2 Å². The average molecular weight is 345 g/mol. The van der Waals surface area contributed by atoms with Crippen LogP contribution in [0.15, 0.2) is 47.0 Å². The molecule has 24 heavy (non-hydrogen) atoms. The molecule has 6 heteroatoms. The Labute approximate surface area is 146 Å². The summed E-state index contributed by atoms with van der Waals surface area (Å²) in [5, 5.41) is 7.86. The highest BCUT2D eigenvalue weighted by Crippen LogP contribution is 2.26. The fraction of sp³-hybridized carbons (Fsp3) is 0.333. The predicted molar refractivity (Wildman–Crippen MR) is 100.0 cm³/mol. The first-order chi connectivity index (χ1) is 11.5. The molecule has 1 aromatic heterocycles. The molecule has 0 radical (unpaired) electrons. The number of rotatable bonds is 6. The van der Waals surface area contributed by atoms with E-state index in [1.54, 1.807) is 11.6 Å². The molecule has 2 aromatic rings. The molecule has 0 fully saturated rings. The highest BCUT2D eigenvalue weighted by atomic mass is 32.1. The number of carbonyl (C=O) groups excluding carboxylic acids is 1. The Kier molecular flexibility index (Phi) is 6.37. The zero-order valence-electron chi connectivity index (χ0n) is 14.4. The second kappa shape index (κ2) is 8.49. The van der Waals surface area contributed by atoms with E-state index < -0.39 is 0 Å². The number of urea groups is 1. The van der Waals surface area contributed by atoms with Gasteiger partial charge in [-0.05, 0) is 39.8 Å². The minimum Gasteiger partial charge on any atom is -0.488 e. The lowest BCUT2D eigenvalue weighted by Gasteiger charge is -2.18. The van der Waals surface area contributed by atoms with Crippen LogP contribution in [0.3, 0.4) is 0 Å².